The van der Waals surface area contributed by atoms with Crippen molar-refractivity contribution in [3.63, 3.8) is 0 Å². The van der Waals surface area contributed by atoms with Gasteiger partial charge in [0.25, 0.3) is 0 Å². The Labute approximate surface area is 165 Å². The van der Waals surface area contributed by atoms with Crippen LogP contribution >= 0.6 is 11.8 Å². The van der Waals surface area contributed by atoms with E-state index in [0.717, 1.165) is 17.1 Å². The number of methoxy groups -OCH3 is 1. The maximum atomic E-state index is 12.3. The number of fused-ring (bicyclic) bond motifs is 1. The minimum Gasteiger partial charge on any atom is -0.497 e. The summed E-state index contributed by atoms with van der Waals surface area (Å²) in [5.41, 5.74) is 1.58. The van der Waals surface area contributed by atoms with Crippen molar-refractivity contribution in [3.8, 4) is 28.6 Å². The van der Waals surface area contributed by atoms with Gasteiger partial charge in [-0.15, -0.1) is 10.2 Å². The van der Waals surface area contributed by atoms with Crippen LogP contribution < -0.4 is 19.5 Å². The number of carbonyl (C=O) groups excluding carboxylic acids is 1. The fraction of sp³-hybridized carbons (Fsp3) is 0.211. The number of amides is 1. The zero-order chi connectivity index (χ0) is 19.5. The van der Waals surface area contributed by atoms with Crippen molar-refractivity contribution in [3.05, 3.63) is 42.5 Å². The lowest BCUT2D eigenvalue weighted by molar-refractivity contribution is -0.113. The van der Waals surface area contributed by atoms with E-state index in [1.807, 2.05) is 35.9 Å². The lowest BCUT2D eigenvalue weighted by Crippen LogP contribution is -2.14. The second-order valence-corrected chi connectivity index (χ2v) is 6.94. The van der Waals surface area contributed by atoms with E-state index in [1.165, 1.54) is 11.8 Å². The van der Waals surface area contributed by atoms with Gasteiger partial charge < -0.3 is 24.1 Å². The quantitative estimate of drug-likeness (QED) is 0.639. The summed E-state index contributed by atoms with van der Waals surface area (Å²) in [6.07, 6.45) is 0. The van der Waals surface area contributed by atoms with E-state index < -0.39 is 0 Å². The number of anilines is 1. The van der Waals surface area contributed by atoms with Crippen molar-refractivity contribution in [1.82, 2.24) is 14.8 Å². The second kappa shape index (κ2) is 7.81. The van der Waals surface area contributed by atoms with Gasteiger partial charge in [-0.1, -0.05) is 11.8 Å². The largest absolute Gasteiger partial charge is 0.497 e. The summed E-state index contributed by atoms with van der Waals surface area (Å²) in [6.45, 7) is 0.200. The number of nitrogens with one attached hydrogen (secondary N) is 1. The molecule has 0 spiro atoms. The van der Waals surface area contributed by atoms with Gasteiger partial charge in [0.1, 0.15) is 5.75 Å². The van der Waals surface area contributed by atoms with Gasteiger partial charge in [0, 0.05) is 24.4 Å². The normalized spacial score (nSPS) is 12.1. The second-order valence-electron chi connectivity index (χ2n) is 6.00. The number of hydrogen-bond acceptors (Lipinski definition) is 7. The molecule has 1 N–H and O–H groups in total. The summed E-state index contributed by atoms with van der Waals surface area (Å²) in [6, 6.07) is 12.9. The van der Waals surface area contributed by atoms with Crippen LogP contribution in [0.15, 0.2) is 47.6 Å². The van der Waals surface area contributed by atoms with Crippen LogP contribution in [0.2, 0.25) is 0 Å². The molecule has 3 aromatic rings. The molecule has 0 unspecified atom stereocenters. The number of rotatable bonds is 6. The zero-order valence-electron chi connectivity index (χ0n) is 15.3. The number of carbonyl (C=O) groups is 1. The first-order valence-corrected chi connectivity index (χ1v) is 9.49. The molecule has 0 bridgehead atoms. The molecule has 1 aromatic heterocycles. The predicted molar refractivity (Wildman–Crippen MR) is 105 cm³/mol. The van der Waals surface area contributed by atoms with Crippen LogP contribution in [0.1, 0.15) is 0 Å². The van der Waals surface area contributed by atoms with E-state index >= 15 is 0 Å². The van der Waals surface area contributed by atoms with Gasteiger partial charge >= 0.3 is 0 Å². The summed E-state index contributed by atoms with van der Waals surface area (Å²) in [7, 11) is 3.50. The average molecular weight is 398 g/mol. The summed E-state index contributed by atoms with van der Waals surface area (Å²) in [5, 5.41) is 11.9. The van der Waals surface area contributed by atoms with Gasteiger partial charge in [-0.2, -0.15) is 0 Å². The fourth-order valence-corrected chi connectivity index (χ4v) is 3.44. The highest BCUT2D eigenvalue weighted by molar-refractivity contribution is 7.99. The molecule has 0 fully saturated rings. The number of nitrogens with zero attached hydrogens (tertiary/aromatic N) is 3. The predicted octanol–water partition coefficient (Wildman–Crippen LogP) is 2.95. The van der Waals surface area contributed by atoms with Crippen molar-refractivity contribution < 1.29 is 19.0 Å². The van der Waals surface area contributed by atoms with Gasteiger partial charge in [0.15, 0.2) is 22.5 Å². The Hall–Kier alpha value is -3.20. The van der Waals surface area contributed by atoms with Gasteiger partial charge in [-0.3, -0.25) is 4.79 Å². The molecule has 0 radical (unpaired) electrons. The van der Waals surface area contributed by atoms with Crippen LogP contribution in [0, 0.1) is 0 Å². The molecule has 8 nitrogen and oxygen atoms in total. The fourth-order valence-electron chi connectivity index (χ4n) is 2.73. The highest BCUT2D eigenvalue weighted by Crippen LogP contribution is 2.34. The summed E-state index contributed by atoms with van der Waals surface area (Å²) >= 11 is 1.32. The Morgan fingerprint density at radius 1 is 1.18 bits per heavy atom. The van der Waals surface area contributed by atoms with Crippen molar-refractivity contribution in [2.45, 2.75) is 5.16 Å². The SMILES string of the molecule is COc1ccc(-c2nnc(SCC(=O)Nc3ccc4c(c3)OCO4)n2C)cc1. The maximum Gasteiger partial charge on any atom is 0.234 e. The lowest BCUT2D eigenvalue weighted by Gasteiger charge is -2.07. The molecule has 2 heterocycles. The standard InChI is InChI=1S/C19H18N4O4S/c1-23-18(12-3-6-14(25-2)7-4-12)21-22-19(23)28-10-17(24)20-13-5-8-15-16(9-13)27-11-26-15/h3-9H,10-11H2,1-2H3,(H,20,24). The minimum atomic E-state index is -0.141. The van der Waals surface area contributed by atoms with E-state index in [2.05, 4.69) is 15.5 Å². The Balaban J connectivity index is 1.38. The first kappa shape index (κ1) is 18.2. The monoisotopic (exact) mass is 398 g/mol. The third-order valence-electron chi connectivity index (χ3n) is 4.17. The van der Waals surface area contributed by atoms with Crippen LogP contribution in [0.25, 0.3) is 11.4 Å². The first-order chi connectivity index (χ1) is 13.6. The third kappa shape index (κ3) is 3.74. The molecule has 0 saturated carbocycles. The van der Waals surface area contributed by atoms with Gasteiger partial charge in [-0.05, 0) is 36.4 Å². The molecule has 9 heteroatoms. The zero-order valence-corrected chi connectivity index (χ0v) is 16.2. The lowest BCUT2D eigenvalue weighted by atomic mass is 10.2. The smallest absolute Gasteiger partial charge is 0.234 e. The highest BCUT2D eigenvalue weighted by atomic mass is 32.2. The maximum absolute atomic E-state index is 12.3. The molecular weight excluding hydrogens is 380 g/mol. The molecule has 1 aliphatic rings. The third-order valence-corrected chi connectivity index (χ3v) is 5.19. The van der Waals surface area contributed by atoms with Gasteiger partial charge in [-0.25, -0.2) is 0 Å². The molecule has 28 heavy (non-hydrogen) atoms. The minimum absolute atomic E-state index is 0.141. The van der Waals surface area contributed by atoms with Crippen molar-refractivity contribution in [2.75, 3.05) is 25.0 Å². The van der Waals surface area contributed by atoms with E-state index in [9.17, 15) is 4.79 Å². The molecule has 2 aromatic carbocycles. The molecule has 4 rings (SSSR count). The van der Waals surface area contributed by atoms with Crippen LogP contribution in [-0.4, -0.2) is 40.3 Å². The Kier molecular flexibility index (Phi) is 5.07. The molecule has 0 saturated heterocycles. The van der Waals surface area contributed by atoms with Crippen LogP contribution in [0.5, 0.6) is 17.2 Å². The average Bonchev–Trinajstić information content (AvgIpc) is 3.32. The molecular formula is C19H18N4O4S. The van der Waals surface area contributed by atoms with Crippen molar-refractivity contribution >= 4 is 23.4 Å². The Morgan fingerprint density at radius 2 is 1.96 bits per heavy atom. The molecule has 144 valence electrons. The number of benzene rings is 2. The van der Waals surface area contributed by atoms with Crippen LogP contribution in [-0.2, 0) is 11.8 Å². The first-order valence-electron chi connectivity index (χ1n) is 8.50. The highest BCUT2D eigenvalue weighted by Gasteiger charge is 2.16. The van der Waals surface area contributed by atoms with Crippen molar-refractivity contribution in [1.29, 1.82) is 0 Å². The molecule has 0 atom stereocenters. The number of aromatic nitrogens is 3. The van der Waals surface area contributed by atoms with E-state index in [0.29, 0.717) is 22.3 Å². The molecule has 1 amide bonds. The van der Waals surface area contributed by atoms with Gasteiger partial charge in [0.05, 0.1) is 12.9 Å². The number of ether oxygens (including phenoxy) is 3. The summed E-state index contributed by atoms with van der Waals surface area (Å²) < 4.78 is 17.6. The van der Waals surface area contributed by atoms with Gasteiger partial charge in [0.2, 0.25) is 12.7 Å². The number of thioether (sulfide) groups is 1. The Bertz CT molecular complexity index is 1000. The molecule has 0 aliphatic carbocycles. The van der Waals surface area contributed by atoms with E-state index in [4.69, 9.17) is 14.2 Å². The topological polar surface area (TPSA) is 87.5 Å². The number of hydrogen-bond donors (Lipinski definition) is 1. The van der Waals surface area contributed by atoms with E-state index in [-0.39, 0.29) is 18.5 Å². The summed E-state index contributed by atoms with van der Waals surface area (Å²) in [5.74, 6) is 2.88. The van der Waals surface area contributed by atoms with Crippen LogP contribution in [0.4, 0.5) is 5.69 Å². The van der Waals surface area contributed by atoms with Crippen molar-refractivity contribution in [2.24, 2.45) is 7.05 Å². The van der Waals surface area contributed by atoms with E-state index in [1.54, 1.807) is 25.3 Å². The summed E-state index contributed by atoms with van der Waals surface area (Å²) in [4.78, 5) is 12.3. The van der Waals surface area contributed by atoms with Crippen LogP contribution in [0.3, 0.4) is 0 Å². The Morgan fingerprint density at radius 3 is 2.75 bits per heavy atom. The molecule has 1 aliphatic heterocycles.